The number of allylic oxidation sites excluding steroid dienone is 12. The molecule has 9 heteroatoms. The predicted molar refractivity (Wildman–Crippen MR) is 395 cm³/mol. The Morgan fingerprint density at radius 3 is 0.724 bits per heavy atom. The molecule has 87 heavy (non-hydrogen) atoms. The van der Waals surface area contributed by atoms with Gasteiger partial charge in [-0.25, -0.2) is 0 Å². The zero-order chi connectivity index (χ0) is 61.1. The van der Waals surface area contributed by atoms with Crippen molar-refractivity contribution in [2.45, 2.75) is 112 Å². The first-order chi connectivity index (χ1) is 42.4. The molecule has 0 radical (unpaired) electrons. The second-order valence-corrected chi connectivity index (χ2v) is 37.1. The summed E-state index contributed by atoms with van der Waals surface area (Å²) in [4.78, 5) is 5.39. The van der Waals surface area contributed by atoms with E-state index < -0.39 is 38.4 Å². The van der Waals surface area contributed by atoms with Gasteiger partial charge in [-0.05, 0) is 117 Å². The van der Waals surface area contributed by atoms with Crippen LogP contribution >= 0.6 is 64.1 Å². The van der Waals surface area contributed by atoms with E-state index in [1.165, 1.54) is 109 Å². The molecule has 4 aliphatic carbocycles. The minimum atomic E-state index is -1.51. The Labute approximate surface area is 560 Å². The number of fused-ring (bicyclic) bond motifs is 4. The molecule has 0 saturated carbocycles. The van der Waals surface area contributed by atoms with Crippen LogP contribution in [0.15, 0.2) is 214 Å². The van der Waals surface area contributed by atoms with E-state index in [2.05, 4.69) is 287 Å². The van der Waals surface area contributed by atoms with Crippen LogP contribution in [0, 0.1) is 27.7 Å². The van der Waals surface area contributed by atoms with Gasteiger partial charge in [-0.2, -0.15) is 68.8 Å². The van der Waals surface area contributed by atoms with Crippen molar-refractivity contribution in [1.29, 1.82) is 0 Å². The average Bonchev–Trinajstić information content (AvgIpc) is 1.80. The third-order valence-corrected chi connectivity index (χ3v) is 27.7. The van der Waals surface area contributed by atoms with E-state index in [9.17, 15) is 0 Å². The number of aryl methyl sites for hydroxylation is 4. The number of hydrogen-bond acceptors (Lipinski definition) is 4. The molecule has 12 rings (SSSR count). The maximum absolute atomic E-state index is 4.93. The molecule has 0 saturated heterocycles. The molecule has 4 atom stereocenters. The molecule has 0 N–H and O–H groups in total. The normalized spacial score (nSPS) is 17.6. The van der Waals surface area contributed by atoms with Gasteiger partial charge in [0.1, 0.15) is 0 Å². The second-order valence-electron chi connectivity index (χ2n) is 22.8. The number of rotatable bonds is 16. The van der Waals surface area contributed by atoms with Gasteiger partial charge in [0.05, 0.1) is 0 Å². The topological polar surface area (TPSA) is 0 Å². The standard InChI is InChI=1S/2C39H40S2Si.2ClH.Zr/c2*1-6-40-30-20-16-28(17-21-30)32-12-8-10-14-34-36(32)24-26(3)38(34)42(5)39-27(4)25-37-33(13-9-11-15-35(37)39)29-18-22-31(23-19-29)41-7-2;;;/h2*8-25,32-33,42H,6-7H2,1-5H3;2*1H;/q2*-2;;;+2/p-2. The first-order valence-corrected chi connectivity index (χ1v) is 45.8. The summed E-state index contributed by atoms with van der Waals surface area (Å²) in [5, 5.41) is 6.42. The molecule has 0 bridgehead atoms. The van der Waals surface area contributed by atoms with Crippen molar-refractivity contribution < 1.29 is 20.8 Å². The van der Waals surface area contributed by atoms with Crippen molar-refractivity contribution in [3.8, 4) is 0 Å². The van der Waals surface area contributed by atoms with Crippen molar-refractivity contribution in [1.82, 2.24) is 0 Å². The number of halogens is 2. The molecular formula is C78H80Cl2S4Si2Zr-4. The average molecular weight is 1360 g/mol. The van der Waals surface area contributed by atoms with Crippen LogP contribution in [0.5, 0.6) is 0 Å². The van der Waals surface area contributed by atoms with E-state index in [4.69, 9.17) is 17.0 Å². The van der Waals surface area contributed by atoms with Crippen LogP contribution in [0.4, 0.5) is 0 Å². The Morgan fingerprint density at radius 1 is 0.345 bits per heavy atom. The van der Waals surface area contributed by atoms with Gasteiger partial charge in [0.25, 0.3) is 0 Å². The number of hydrogen-bond donors (Lipinski definition) is 0. The first kappa shape index (κ1) is 65.4. The van der Waals surface area contributed by atoms with Crippen LogP contribution in [0.25, 0.3) is 24.3 Å². The fraction of sp³-hybridized carbons (Fsp3) is 0.231. The Kier molecular flexibility index (Phi) is 23.3. The molecule has 0 amide bonds. The summed E-state index contributed by atoms with van der Waals surface area (Å²) in [5.74, 6) is 5.54. The van der Waals surface area contributed by atoms with Crippen LogP contribution in [0.2, 0.25) is 13.1 Å². The van der Waals surface area contributed by atoms with Crippen LogP contribution in [-0.2, 0) is 20.8 Å². The van der Waals surface area contributed by atoms with E-state index >= 15 is 0 Å². The predicted octanol–water partition coefficient (Wildman–Crippen LogP) is 20.1. The summed E-state index contributed by atoms with van der Waals surface area (Å²) in [6.07, 6.45) is 37.0. The summed E-state index contributed by atoms with van der Waals surface area (Å²) in [6.45, 7) is 23.3. The van der Waals surface area contributed by atoms with Crippen LogP contribution in [0.3, 0.4) is 0 Å². The van der Waals surface area contributed by atoms with E-state index in [1.54, 1.807) is 20.7 Å². The van der Waals surface area contributed by atoms with Crippen molar-refractivity contribution in [3.63, 3.8) is 0 Å². The molecule has 8 aromatic rings. The zero-order valence-electron chi connectivity index (χ0n) is 52.0. The van der Waals surface area contributed by atoms with E-state index in [-0.39, 0.29) is 23.7 Å². The zero-order valence-corrected chi connectivity index (χ0v) is 61.5. The fourth-order valence-corrected chi connectivity index (χ4v) is 23.2. The molecule has 4 unspecified atom stereocenters. The first-order valence-electron chi connectivity index (χ1n) is 30.9. The maximum atomic E-state index is 4.93. The molecule has 446 valence electrons. The van der Waals surface area contributed by atoms with Crippen molar-refractivity contribution in [2.24, 2.45) is 0 Å². The molecule has 0 spiro atoms. The summed E-state index contributed by atoms with van der Waals surface area (Å²) in [7, 11) is 6.84. The van der Waals surface area contributed by atoms with Crippen LogP contribution in [-0.4, -0.2) is 40.6 Å². The molecule has 0 heterocycles. The summed E-state index contributed by atoms with van der Waals surface area (Å²) < 4.78 is 0. The van der Waals surface area contributed by atoms with Crippen molar-refractivity contribution in [3.05, 3.63) is 283 Å². The molecule has 0 nitrogen and oxygen atoms in total. The SMILES string of the molecule is CCSc1ccc(C2C=CC=Cc3c2cc(C)[c-]3[SiH](C)[c-]2c(C)cc3c2C=CC=CC3c2ccc(SCC)cc2)cc1.CCSc1ccc(C2C=CC=Cc3c2cc(C)[c-]3[SiH](C)[c-]2c(C)cc3c2C=CC=CC3c2ccc(SCC)cc2)cc1.[Cl][Zr][Cl]. The Balaban J connectivity index is 0.000000184. The van der Waals surface area contributed by atoms with Gasteiger partial charge in [-0.15, -0.1) is 139 Å². The van der Waals surface area contributed by atoms with Gasteiger partial charge >= 0.3 is 37.9 Å². The van der Waals surface area contributed by atoms with Crippen LogP contribution in [0.1, 0.15) is 140 Å². The van der Waals surface area contributed by atoms with Crippen LogP contribution < -0.4 is 20.7 Å². The Morgan fingerprint density at radius 2 is 0.540 bits per heavy atom. The van der Waals surface area contributed by atoms with Gasteiger partial charge in [0, 0.05) is 37.2 Å². The van der Waals surface area contributed by atoms with Crippen molar-refractivity contribution in [2.75, 3.05) is 23.0 Å². The summed E-state index contributed by atoms with van der Waals surface area (Å²) in [5.41, 5.74) is 23.0. The monoisotopic (exact) mass is 1360 g/mol. The summed E-state index contributed by atoms with van der Waals surface area (Å²) in [6, 6.07) is 46.9. The van der Waals surface area contributed by atoms with Gasteiger partial charge in [-0.1, -0.05) is 166 Å². The molecule has 0 aliphatic heterocycles. The van der Waals surface area contributed by atoms with Gasteiger partial charge in [-0.3, -0.25) is 0 Å². The fourth-order valence-electron chi connectivity index (χ4n) is 14.0. The molecule has 4 aliphatic rings. The quantitative estimate of drug-likeness (QED) is 0.0537. The van der Waals surface area contributed by atoms with E-state index in [0.717, 1.165) is 23.0 Å². The van der Waals surface area contributed by atoms with E-state index in [0.29, 0.717) is 0 Å². The van der Waals surface area contributed by atoms with Crippen molar-refractivity contribution >= 4 is 127 Å². The van der Waals surface area contributed by atoms with E-state index in [1.807, 2.05) is 47.0 Å². The third kappa shape index (κ3) is 14.7. The number of benzene rings is 4. The van der Waals surface area contributed by atoms with Gasteiger partial charge in [0.15, 0.2) is 0 Å². The third-order valence-electron chi connectivity index (χ3n) is 17.6. The van der Waals surface area contributed by atoms with Gasteiger partial charge in [0.2, 0.25) is 0 Å². The molecule has 0 fully saturated rings. The number of thioether (sulfide) groups is 4. The minimum absolute atomic E-state index is 0.282. The Hall–Kier alpha value is -4.50. The molecule has 0 aromatic heterocycles. The molecular weight excluding hydrogens is 1280 g/mol. The Bertz CT molecular complexity index is 3390. The second kappa shape index (κ2) is 31.0. The van der Waals surface area contributed by atoms with Gasteiger partial charge < -0.3 is 0 Å². The molecule has 8 aromatic carbocycles. The summed E-state index contributed by atoms with van der Waals surface area (Å²) >= 11 is 6.81.